The molecule has 0 amide bonds. The van der Waals surface area contributed by atoms with Crippen LogP contribution in [0.1, 0.15) is 32.8 Å². The summed E-state index contributed by atoms with van der Waals surface area (Å²) < 4.78 is 0. The molecule has 2 heteroatoms. The maximum Gasteiger partial charge on any atom is 0.0270 e. The standard InChI is InChI=1S/C12H20N2/c1-4-7-14-10-12(2,3)11-5-8-13-9-6-11/h5-6,8-9,14H,4,7,10H2,1-3H3. The van der Waals surface area contributed by atoms with Gasteiger partial charge in [-0.2, -0.15) is 0 Å². The largest absolute Gasteiger partial charge is 0.316 e. The number of rotatable bonds is 5. The molecule has 0 unspecified atom stereocenters. The van der Waals surface area contributed by atoms with Gasteiger partial charge in [0.15, 0.2) is 0 Å². The van der Waals surface area contributed by atoms with Crippen molar-refractivity contribution in [3.8, 4) is 0 Å². The number of nitrogens with zero attached hydrogens (tertiary/aromatic N) is 1. The monoisotopic (exact) mass is 192 g/mol. The Kier molecular flexibility index (Phi) is 4.08. The van der Waals surface area contributed by atoms with Crippen LogP contribution >= 0.6 is 0 Å². The highest BCUT2D eigenvalue weighted by atomic mass is 14.9. The molecule has 78 valence electrons. The number of hydrogen-bond acceptors (Lipinski definition) is 2. The van der Waals surface area contributed by atoms with Gasteiger partial charge >= 0.3 is 0 Å². The second-order valence-electron chi connectivity index (χ2n) is 4.30. The summed E-state index contributed by atoms with van der Waals surface area (Å²) in [7, 11) is 0. The van der Waals surface area contributed by atoms with Crippen molar-refractivity contribution in [1.82, 2.24) is 10.3 Å². The molecule has 0 radical (unpaired) electrons. The maximum absolute atomic E-state index is 4.03. The highest BCUT2D eigenvalue weighted by molar-refractivity contribution is 5.20. The average molecular weight is 192 g/mol. The zero-order valence-corrected chi connectivity index (χ0v) is 9.38. The lowest BCUT2D eigenvalue weighted by Gasteiger charge is -2.25. The summed E-state index contributed by atoms with van der Waals surface area (Å²) in [5.74, 6) is 0. The zero-order valence-electron chi connectivity index (χ0n) is 9.38. The molecule has 0 aliphatic carbocycles. The third-order valence-electron chi connectivity index (χ3n) is 2.46. The van der Waals surface area contributed by atoms with Gasteiger partial charge in [0.25, 0.3) is 0 Å². The van der Waals surface area contributed by atoms with E-state index in [1.54, 1.807) is 0 Å². The van der Waals surface area contributed by atoms with Crippen LogP contribution < -0.4 is 5.32 Å². The fraction of sp³-hybridized carbons (Fsp3) is 0.583. The van der Waals surface area contributed by atoms with Crippen LogP contribution in [-0.4, -0.2) is 18.1 Å². The molecule has 0 fully saturated rings. The Balaban J connectivity index is 2.56. The third kappa shape index (κ3) is 3.11. The number of hydrogen-bond donors (Lipinski definition) is 1. The zero-order chi connectivity index (χ0) is 10.4. The van der Waals surface area contributed by atoms with E-state index < -0.39 is 0 Å². The second kappa shape index (κ2) is 5.11. The number of aromatic nitrogens is 1. The van der Waals surface area contributed by atoms with Crippen molar-refractivity contribution in [2.75, 3.05) is 13.1 Å². The topological polar surface area (TPSA) is 24.9 Å². The fourth-order valence-electron chi connectivity index (χ4n) is 1.48. The number of nitrogens with one attached hydrogen (secondary N) is 1. The molecule has 14 heavy (non-hydrogen) atoms. The van der Waals surface area contributed by atoms with Gasteiger partial charge in [0.1, 0.15) is 0 Å². The highest BCUT2D eigenvalue weighted by Crippen LogP contribution is 2.20. The molecule has 1 aromatic heterocycles. The van der Waals surface area contributed by atoms with E-state index in [1.165, 1.54) is 12.0 Å². The van der Waals surface area contributed by atoms with Crippen LogP contribution in [0.2, 0.25) is 0 Å². The molecule has 1 aromatic rings. The molecule has 0 saturated heterocycles. The van der Waals surface area contributed by atoms with Crippen molar-refractivity contribution in [3.63, 3.8) is 0 Å². The molecule has 0 atom stereocenters. The first kappa shape index (κ1) is 11.2. The summed E-state index contributed by atoms with van der Waals surface area (Å²) in [6.07, 6.45) is 4.90. The molecule has 0 saturated carbocycles. The first-order chi connectivity index (χ1) is 6.67. The Morgan fingerprint density at radius 2 is 1.93 bits per heavy atom. The molecule has 0 bridgehead atoms. The SMILES string of the molecule is CCCNCC(C)(C)c1ccncc1. The predicted molar refractivity (Wildman–Crippen MR) is 60.4 cm³/mol. The van der Waals surface area contributed by atoms with Gasteiger partial charge in [-0.25, -0.2) is 0 Å². The normalized spacial score (nSPS) is 11.6. The Morgan fingerprint density at radius 1 is 1.29 bits per heavy atom. The van der Waals surface area contributed by atoms with E-state index in [9.17, 15) is 0 Å². The first-order valence-electron chi connectivity index (χ1n) is 5.28. The van der Waals surface area contributed by atoms with E-state index in [4.69, 9.17) is 0 Å². The van der Waals surface area contributed by atoms with E-state index in [2.05, 4.69) is 43.2 Å². The van der Waals surface area contributed by atoms with E-state index in [0.29, 0.717) is 0 Å². The smallest absolute Gasteiger partial charge is 0.0270 e. The van der Waals surface area contributed by atoms with Crippen LogP contribution in [0.3, 0.4) is 0 Å². The van der Waals surface area contributed by atoms with E-state index in [0.717, 1.165) is 13.1 Å². The van der Waals surface area contributed by atoms with Crippen molar-refractivity contribution < 1.29 is 0 Å². The van der Waals surface area contributed by atoms with Crippen molar-refractivity contribution in [3.05, 3.63) is 30.1 Å². The van der Waals surface area contributed by atoms with Gasteiger partial charge in [-0.15, -0.1) is 0 Å². The second-order valence-corrected chi connectivity index (χ2v) is 4.30. The molecule has 1 heterocycles. The summed E-state index contributed by atoms with van der Waals surface area (Å²) in [6, 6.07) is 4.18. The fourth-order valence-corrected chi connectivity index (χ4v) is 1.48. The lowest BCUT2D eigenvalue weighted by molar-refractivity contribution is 0.469. The molecule has 0 spiro atoms. The van der Waals surface area contributed by atoms with Gasteiger partial charge < -0.3 is 5.32 Å². The molecular weight excluding hydrogens is 172 g/mol. The minimum Gasteiger partial charge on any atom is -0.316 e. The van der Waals surface area contributed by atoms with E-state index >= 15 is 0 Å². The minimum atomic E-state index is 0.193. The lowest BCUT2D eigenvalue weighted by Crippen LogP contribution is -2.33. The summed E-state index contributed by atoms with van der Waals surface area (Å²) in [5, 5.41) is 3.45. The van der Waals surface area contributed by atoms with Crippen molar-refractivity contribution >= 4 is 0 Å². The third-order valence-corrected chi connectivity index (χ3v) is 2.46. The first-order valence-corrected chi connectivity index (χ1v) is 5.28. The van der Waals surface area contributed by atoms with E-state index in [1.807, 2.05) is 12.4 Å². The van der Waals surface area contributed by atoms with Crippen LogP contribution in [0.15, 0.2) is 24.5 Å². The Morgan fingerprint density at radius 3 is 2.50 bits per heavy atom. The number of pyridine rings is 1. The molecule has 0 aromatic carbocycles. The molecule has 0 aliphatic rings. The van der Waals surface area contributed by atoms with Crippen molar-refractivity contribution in [2.24, 2.45) is 0 Å². The molecule has 0 aliphatic heterocycles. The van der Waals surface area contributed by atoms with Gasteiger partial charge in [-0.3, -0.25) is 4.98 Å². The minimum absolute atomic E-state index is 0.193. The van der Waals surface area contributed by atoms with Gasteiger partial charge in [-0.05, 0) is 30.7 Å². The molecule has 2 nitrogen and oxygen atoms in total. The molecular formula is C12H20N2. The molecule has 1 rings (SSSR count). The van der Waals surface area contributed by atoms with E-state index in [-0.39, 0.29) is 5.41 Å². The highest BCUT2D eigenvalue weighted by Gasteiger charge is 2.19. The molecule has 1 N–H and O–H groups in total. The Hall–Kier alpha value is -0.890. The maximum atomic E-state index is 4.03. The van der Waals surface area contributed by atoms with Crippen LogP contribution in [0.4, 0.5) is 0 Å². The van der Waals surface area contributed by atoms with Crippen LogP contribution in [0.5, 0.6) is 0 Å². The van der Waals surface area contributed by atoms with Crippen LogP contribution in [0.25, 0.3) is 0 Å². The van der Waals surface area contributed by atoms with Gasteiger partial charge in [-0.1, -0.05) is 20.8 Å². The Bertz CT molecular complexity index is 254. The lowest BCUT2D eigenvalue weighted by atomic mass is 9.85. The van der Waals surface area contributed by atoms with Gasteiger partial charge in [0, 0.05) is 24.4 Å². The van der Waals surface area contributed by atoms with Crippen molar-refractivity contribution in [2.45, 2.75) is 32.6 Å². The summed E-state index contributed by atoms with van der Waals surface area (Å²) in [5.41, 5.74) is 1.54. The summed E-state index contributed by atoms with van der Waals surface area (Å²) in [6.45, 7) is 8.81. The van der Waals surface area contributed by atoms with Gasteiger partial charge in [0.2, 0.25) is 0 Å². The Labute approximate surface area is 86.8 Å². The van der Waals surface area contributed by atoms with Crippen LogP contribution in [-0.2, 0) is 5.41 Å². The predicted octanol–water partition coefficient (Wildman–Crippen LogP) is 2.36. The van der Waals surface area contributed by atoms with Crippen molar-refractivity contribution in [1.29, 1.82) is 0 Å². The average Bonchev–Trinajstić information content (AvgIpc) is 2.19. The summed E-state index contributed by atoms with van der Waals surface area (Å²) >= 11 is 0. The van der Waals surface area contributed by atoms with Crippen LogP contribution in [0, 0.1) is 0 Å². The van der Waals surface area contributed by atoms with Gasteiger partial charge in [0.05, 0.1) is 0 Å². The quantitative estimate of drug-likeness (QED) is 0.724. The summed E-state index contributed by atoms with van der Waals surface area (Å²) in [4.78, 5) is 4.03.